The Morgan fingerprint density at radius 2 is 1.88 bits per heavy atom. The normalized spacial score (nSPS) is 10.4. The first-order valence-corrected chi connectivity index (χ1v) is 7.83. The molecule has 1 heterocycles. The topological polar surface area (TPSA) is 64.4 Å². The molecule has 1 aromatic heterocycles. The molecule has 122 valence electrons. The molecular weight excluding hydrogens is 304 g/mol. The molecule has 3 aromatic rings. The van der Waals surface area contributed by atoms with Crippen LogP contribution in [0.1, 0.15) is 23.8 Å². The number of amides is 1. The summed E-state index contributed by atoms with van der Waals surface area (Å²) >= 11 is 0. The smallest absolute Gasteiger partial charge is 0.277 e. The van der Waals surface area contributed by atoms with Gasteiger partial charge in [-0.2, -0.15) is 0 Å². The molecule has 0 fully saturated rings. The Bertz CT molecular complexity index is 812. The van der Waals surface area contributed by atoms with Crippen molar-refractivity contribution in [3.8, 4) is 17.1 Å². The largest absolute Gasteiger partial charge is 0.491 e. The first-order chi connectivity index (χ1) is 11.8. The van der Waals surface area contributed by atoms with Crippen molar-refractivity contribution in [1.29, 1.82) is 0 Å². The van der Waals surface area contributed by atoms with Gasteiger partial charge in [0, 0.05) is 11.6 Å². The van der Waals surface area contributed by atoms with E-state index in [9.17, 15) is 4.79 Å². The number of benzene rings is 2. The molecule has 0 unspecified atom stereocenters. The van der Waals surface area contributed by atoms with E-state index in [0.29, 0.717) is 23.8 Å². The van der Waals surface area contributed by atoms with Gasteiger partial charge < -0.3 is 14.6 Å². The van der Waals surface area contributed by atoms with Crippen molar-refractivity contribution in [2.75, 3.05) is 11.9 Å². The lowest BCUT2D eigenvalue weighted by atomic mass is 10.1. The van der Waals surface area contributed by atoms with E-state index in [-0.39, 0.29) is 11.6 Å². The molecule has 0 saturated heterocycles. The van der Waals surface area contributed by atoms with Crippen molar-refractivity contribution in [2.24, 2.45) is 0 Å². The number of ether oxygens (including phenoxy) is 1. The summed E-state index contributed by atoms with van der Waals surface area (Å²) in [4.78, 5) is 12.4. The fourth-order valence-corrected chi connectivity index (χ4v) is 2.21. The van der Waals surface area contributed by atoms with Crippen LogP contribution in [0.4, 0.5) is 5.69 Å². The van der Waals surface area contributed by atoms with Gasteiger partial charge in [-0.3, -0.25) is 4.79 Å². The molecule has 0 saturated carbocycles. The van der Waals surface area contributed by atoms with Crippen molar-refractivity contribution in [1.82, 2.24) is 5.16 Å². The first kappa shape index (κ1) is 15.8. The summed E-state index contributed by atoms with van der Waals surface area (Å²) in [5, 5.41) is 6.67. The van der Waals surface area contributed by atoms with Crippen molar-refractivity contribution >= 4 is 11.6 Å². The molecule has 5 nitrogen and oxygen atoms in total. The van der Waals surface area contributed by atoms with Gasteiger partial charge in [0.1, 0.15) is 5.75 Å². The second-order valence-electron chi connectivity index (χ2n) is 5.24. The minimum absolute atomic E-state index is 0.221. The molecule has 1 amide bonds. The lowest BCUT2D eigenvalue weighted by Crippen LogP contribution is -2.13. The zero-order valence-electron chi connectivity index (χ0n) is 13.4. The van der Waals surface area contributed by atoms with Crippen molar-refractivity contribution in [3.05, 3.63) is 66.4 Å². The molecule has 0 aliphatic rings. The van der Waals surface area contributed by atoms with Gasteiger partial charge in [0.05, 0.1) is 12.3 Å². The third kappa shape index (κ3) is 3.63. The molecule has 2 aromatic carbocycles. The SMILES string of the molecule is CCCOc1ccccc1NC(=O)c1cc(-c2ccccc2)on1. The van der Waals surface area contributed by atoms with E-state index in [1.165, 1.54) is 0 Å². The molecule has 0 aliphatic carbocycles. The molecule has 0 radical (unpaired) electrons. The van der Waals surface area contributed by atoms with Gasteiger partial charge in [0.15, 0.2) is 11.5 Å². The predicted molar refractivity (Wildman–Crippen MR) is 92.1 cm³/mol. The summed E-state index contributed by atoms with van der Waals surface area (Å²) < 4.78 is 10.9. The summed E-state index contributed by atoms with van der Waals surface area (Å²) in [6, 6.07) is 18.5. The van der Waals surface area contributed by atoms with E-state index in [1.807, 2.05) is 55.5 Å². The van der Waals surface area contributed by atoms with Gasteiger partial charge in [-0.05, 0) is 18.6 Å². The summed E-state index contributed by atoms with van der Waals surface area (Å²) in [7, 11) is 0. The maximum absolute atomic E-state index is 12.4. The zero-order chi connectivity index (χ0) is 16.8. The first-order valence-electron chi connectivity index (χ1n) is 7.83. The van der Waals surface area contributed by atoms with E-state index in [2.05, 4.69) is 10.5 Å². The number of anilines is 1. The number of hydrogen-bond acceptors (Lipinski definition) is 4. The summed E-state index contributed by atoms with van der Waals surface area (Å²) in [6.45, 7) is 2.62. The molecule has 0 spiro atoms. The van der Waals surface area contributed by atoms with E-state index < -0.39 is 0 Å². The van der Waals surface area contributed by atoms with Crippen LogP contribution in [0.2, 0.25) is 0 Å². The Morgan fingerprint density at radius 1 is 1.12 bits per heavy atom. The predicted octanol–water partition coefficient (Wildman–Crippen LogP) is 4.38. The van der Waals surface area contributed by atoms with Crippen LogP contribution in [0.5, 0.6) is 5.75 Å². The van der Waals surface area contributed by atoms with Gasteiger partial charge in [0.2, 0.25) is 0 Å². The number of carbonyl (C=O) groups is 1. The minimum Gasteiger partial charge on any atom is -0.491 e. The monoisotopic (exact) mass is 322 g/mol. The average molecular weight is 322 g/mol. The van der Waals surface area contributed by atoms with Gasteiger partial charge in [-0.25, -0.2) is 0 Å². The fraction of sp³-hybridized carbons (Fsp3) is 0.158. The maximum Gasteiger partial charge on any atom is 0.277 e. The molecule has 0 aliphatic heterocycles. The Labute approximate surface area is 140 Å². The maximum atomic E-state index is 12.4. The molecule has 24 heavy (non-hydrogen) atoms. The molecular formula is C19H18N2O3. The van der Waals surface area contributed by atoms with Crippen LogP contribution >= 0.6 is 0 Å². The third-order valence-corrected chi connectivity index (χ3v) is 3.40. The Hall–Kier alpha value is -3.08. The lowest BCUT2D eigenvalue weighted by Gasteiger charge is -2.10. The Morgan fingerprint density at radius 3 is 2.67 bits per heavy atom. The van der Waals surface area contributed by atoms with Crippen LogP contribution in [-0.4, -0.2) is 17.7 Å². The van der Waals surface area contributed by atoms with Gasteiger partial charge in [-0.15, -0.1) is 0 Å². The number of carbonyl (C=O) groups excluding carboxylic acids is 1. The quantitative estimate of drug-likeness (QED) is 0.731. The van der Waals surface area contributed by atoms with E-state index >= 15 is 0 Å². The summed E-state index contributed by atoms with van der Waals surface area (Å²) in [5.74, 6) is 0.851. The standard InChI is InChI=1S/C19H18N2O3/c1-2-12-23-17-11-7-6-10-15(17)20-19(22)16-13-18(24-21-16)14-8-4-3-5-9-14/h3-11,13H,2,12H2,1H3,(H,20,22). The highest BCUT2D eigenvalue weighted by molar-refractivity contribution is 6.04. The lowest BCUT2D eigenvalue weighted by molar-refractivity contribution is 0.101. The van der Waals surface area contributed by atoms with Gasteiger partial charge in [0.25, 0.3) is 5.91 Å². The Balaban J connectivity index is 1.75. The fourth-order valence-electron chi connectivity index (χ4n) is 2.21. The number of nitrogens with zero attached hydrogens (tertiary/aromatic N) is 1. The minimum atomic E-state index is -0.339. The zero-order valence-corrected chi connectivity index (χ0v) is 13.4. The second kappa shape index (κ2) is 7.46. The van der Waals surface area contributed by atoms with Crippen molar-refractivity contribution in [3.63, 3.8) is 0 Å². The van der Waals surface area contributed by atoms with Crippen LogP contribution in [0.25, 0.3) is 11.3 Å². The number of aromatic nitrogens is 1. The highest BCUT2D eigenvalue weighted by Crippen LogP contribution is 2.25. The highest BCUT2D eigenvalue weighted by atomic mass is 16.5. The number of para-hydroxylation sites is 2. The number of nitrogens with one attached hydrogen (secondary N) is 1. The molecule has 0 atom stereocenters. The Kier molecular flexibility index (Phi) is 4.91. The van der Waals surface area contributed by atoms with Gasteiger partial charge in [-0.1, -0.05) is 54.5 Å². The third-order valence-electron chi connectivity index (χ3n) is 3.40. The molecule has 1 N–H and O–H groups in total. The van der Waals surface area contributed by atoms with E-state index in [1.54, 1.807) is 12.1 Å². The van der Waals surface area contributed by atoms with Crippen LogP contribution in [0, 0.1) is 0 Å². The molecule has 0 bridgehead atoms. The number of hydrogen-bond donors (Lipinski definition) is 1. The van der Waals surface area contributed by atoms with Crippen LogP contribution in [0.3, 0.4) is 0 Å². The highest BCUT2D eigenvalue weighted by Gasteiger charge is 2.15. The van der Waals surface area contributed by atoms with Crippen molar-refractivity contribution in [2.45, 2.75) is 13.3 Å². The molecule has 5 heteroatoms. The average Bonchev–Trinajstić information content (AvgIpc) is 3.12. The number of rotatable bonds is 6. The van der Waals surface area contributed by atoms with E-state index in [4.69, 9.17) is 9.26 Å². The molecule has 3 rings (SSSR count). The summed E-state index contributed by atoms with van der Waals surface area (Å²) in [5.41, 5.74) is 1.70. The summed E-state index contributed by atoms with van der Waals surface area (Å²) in [6.07, 6.45) is 0.895. The van der Waals surface area contributed by atoms with Gasteiger partial charge >= 0.3 is 0 Å². The second-order valence-corrected chi connectivity index (χ2v) is 5.24. The van der Waals surface area contributed by atoms with Crippen molar-refractivity contribution < 1.29 is 14.1 Å². The van der Waals surface area contributed by atoms with E-state index in [0.717, 1.165) is 12.0 Å². The van der Waals surface area contributed by atoms with Crippen LogP contribution < -0.4 is 10.1 Å². The van der Waals surface area contributed by atoms with Crippen LogP contribution in [0.15, 0.2) is 65.2 Å². The van der Waals surface area contributed by atoms with Crippen LogP contribution in [-0.2, 0) is 0 Å².